The van der Waals surface area contributed by atoms with Crippen LogP contribution in [0.3, 0.4) is 0 Å². The number of aliphatic hydroxyl groups excluding tert-OH is 1. The zero-order chi connectivity index (χ0) is 12.3. The van der Waals surface area contributed by atoms with Crippen molar-refractivity contribution >= 4 is 5.82 Å². The van der Waals surface area contributed by atoms with E-state index in [4.69, 9.17) is 10.8 Å². The van der Waals surface area contributed by atoms with Crippen LogP contribution in [0.4, 0.5) is 5.82 Å². The van der Waals surface area contributed by atoms with Gasteiger partial charge in [0.2, 0.25) is 0 Å². The lowest BCUT2D eigenvalue weighted by Gasteiger charge is -2.26. The molecule has 0 spiro atoms. The molecule has 0 aliphatic heterocycles. The fraction of sp³-hybridized carbons (Fsp3) is 0.636. The molecule has 0 aromatic carbocycles. The second-order valence-electron chi connectivity index (χ2n) is 4.06. The van der Waals surface area contributed by atoms with Crippen LogP contribution < -0.4 is 10.6 Å². The third kappa shape index (κ3) is 2.31. The van der Waals surface area contributed by atoms with Crippen molar-refractivity contribution < 1.29 is 5.11 Å². The van der Waals surface area contributed by atoms with E-state index in [1.807, 2.05) is 32.7 Å². The van der Waals surface area contributed by atoms with Gasteiger partial charge in [-0.3, -0.25) is 0 Å². The van der Waals surface area contributed by atoms with Crippen LogP contribution in [0.1, 0.15) is 23.7 Å². The summed E-state index contributed by atoms with van der Waals surface area (Å²) in [5, 5.41) is 17.4. The second kappa shape index (κ2) is 5.23. The Morgan fingerprint density at radius 1 is 1.38 bits per heavy atom. The number of aromatic nitrogens is 2. The second-order valence-corrected chi connectivity index (χ2v) is 4.06. The average molecular weight is 224 g/mol. The quantitative estimate of drug-likeness (QED) is 0.773. The summed E-state index contributed by atoms with van der Waals surface area (Å²) in [7, 11) is 1.89. The maximum atomic E-state index is 9.13. The van der Waals surface area contributed by atoms with E-state index in [-0.39, 0.29) is 12.6 Å². The van der Waals surface area contributed by atoms with Crippen molar-refractivity contribution in [2.24, 2.45) is 5.73 Å². The van der Waals surface area contributed by atoms with Gasteiger partial charge in [-0.05, 0) is 26.3 Å². The molecule has 0 fully saturated rings. The van der Waals surface area contributed by atoms with Gasteiger partial charge in [0.25, 0.3) is 0 Å². The van der Waals surface area contributed by atoms with Gasteiger partial charge in [-0.1, -0.05) is 0 Å². The molecule has 5 heteroatoms. The first-order chi connectivity index (χ1) is 7.52. The number of likely N-dealkylation sites (N-methyl/N-ethyl adjacent to an activating group) is 1. The summed E-state index contributed by atoms with van der Waals surface area (Å²) < 4.78 is 0. The number of rotatable bonds is 4. The van der Waals surface area contributed by atoms with Crippen molar-refractivity contribution in [3.63, 3.8) is 0 Å². The van der Waals surface area contributed by atoms with E-state index in [2.05, 4.69) is 10.2 Å². The van der Waals surface area contributed by atoms with Gasteiger partial charge in [0, 0.05) is 19.2 Å². The van der Waals surface area contributed by atoms with Gasteiger partial charge in [0.05, 0.1) is 18.3 Å². The minimum atomic E-state index is 0.00158. The maximum Gasteiger partial charge on any atom is 0.156 e. The Labute approximate surface area is 96.3 Å². The summed E-state index contributed by atoms with van der Waals surface area (Å²) in [5.74, 6) is 0.757. The number of hydrogen-bond acceptors (Lipinski definition) is 5. The summed E-state index contributed by atoms with van der Waals surface area (Å²) in [6, 6.07) is 0.00158. The monoisotopic (exact) mass is 224 g/mol. The number of aryl methyl sites for hydroxylation is 1. The smallest absolute Gasteiger partial charge is 0.156 e. The summed E-state index contributed by atoms with van der Waals surface area (Å²) in [5.41, 5.74) is 8.71. The molecule has 16 heavy (non-hydrogen) atoms. The van der Waals surface area contributed by atoms with Crippen molar-refractivity contribution in [1.29, 1.82) is 0 Å². The minimum absolute atomic E-state index is 0.00158. The summed E-state index contributed by atoms with van der Waals surface area (Å²) in [4.78, 5) is 1.90. The van der Waals surface area contributed by atoms with Gasteiger partial charge in [0.15, 0.2) is 5.82 Å². The molecule has 1 unspecified atom stereocenters. The van der Waals surface area contributed by atoms with E-state index in [1.165, 1.54) is 0 Å². The van der Waals surface area contributed by atoms with Gasteiger partial charge in [-0.25, -0.2) is 0 Å². The summed E-state index contributed by atoms with van der Waals surface area (Å²) in [6.45, 7) is 6.35. The Morgan fingerprint density at radius 2 is 2.00 bits per heavy atom. The van der Waals surface area contributed by atoms with Crippen LogP contribution >= 0.6 is 0 Å². The molecule has 0 saturated carbocycles. The zero-order valence-corrected chi connectivity index (χ0v) is 10.4. The largest absolute Gasteiger partial charge is 0.394 e. The topological polar surface area (TPSA) is 75.3 Å². The predicted octanol–water partition coefficient (Wildman–Crippen LogP) is 0.369. The predicted molar refractivity (Wildman–Crippen MR) is 64.3 cm³/mol. The van der Waals surface area contributed by atoms with Crippen LogP contribution in [0.25, 0.3) is 0 Å². The molecule has 1 atom stereocenters. The van der Waals surface area contributed by atoms with Gasteiger partial charge in [-0.15, -0.1) is 5.10 Å². The van der Waals surface area contributed by atoms with Crippen molar-refractivity contribution in [3.05, 3.63) is 16.8 Å². The Balaban J connectivity index is 3.18. The van der Waals surface area contributed by atoms with Crippen LogP contribution in [-0.2, 0) is 6.54 Å². The molecule has 0 saturated heterocycles. The molecular formula is C11H20N4O. The van der Waals surface area contributed by atoms with Crippen LogP contribution in [-0.4, -0.2) is 35.0 Å². The number of nitrogens with two attached hydrogens (primary N) is 1. The molecule has 1 aromatic rings. The van der Waals surface area contributed by atoms with E-state index >= 15 is 0 Å². The Bertz CT molecular complexity index is 367. The highest BCUT2D eigenvalue weighted by atomic mass is 16.3. The van der Waals surface area contributed by atoms with Crippen LogP contribution in [0.15, 0.2) is 0 Å². The molecule has 0 bridgehead atoms. The molecule has 1 rings (SSSR count). The maximum absolute atomic E-state index is 9.13. The lowest BCUT2D eigenvalue weighted by atomic mass is 10.1. The molecule has 1 heterocycles. The zero-order valence-electron chi connectivity index (χ0n) is 10.4. The van der Waals surface area contributed by atoms with E-state index in [0.29, 0.717) is 6.54 Å². The molecule has 1 aromatic heterocycles. The standard InChI is InChI=1S/C11H20N4O/c1-7(6-16)15(4)11-10(5-12)8(2)9(3)13-14-11/h7,16H,5-6,12H2,1-4H3. The highest BCUT2D eigenvalue weighted by molar-refractivity contribution is 5.50. The highest BCUT2D eigenvalue weighted by Crippen LogP contribution is 2.21. The molecule has 5 nitrogen and oxygen atoms in total. The summed E-state index contributed by atoms with van der Waals surface area (Å²) in [6.07, 6.45) is 0. The van der Waals surface area contributed by atoms with E-state index in [1.54, 1.807) is 0 Å². The number of hydrogen-bond donors (Lipinski definition) is 2. The SMILES string of the molecule is Cc1nnc(N(C)C(C)CO)c(CN)c1C. The average Bonchev–Trinajstić information content (AvgIpc) is 2.30. The summed E-state index contributed by atoms with van der Waals surface area (Å²) >= 11 is 0. The molecule has 3 N–H and O–H groups in total. The minimum Gasteiger partial charge on any atom is -0.394 e. The molecule has 0 amide bonds. The highest BCUT2D eigenvalue weighted by Gasteiger charge is 2.17. The third-order valence-electron chi connectivity index (χ3n) is 3.02. The molecule has 0 radical (unpaired) electrons. The Kier molecular flexibility index (Phi) is 4.20. The number of nitrogens with zero attached hydrogens (tertiary/aromatic N) is 3. The number of anilines is 1. The fourth-order valence-electron chi connectivity index (χ4n) is 1.50. The van der Waals surface area contributed by atoms with Crippen molar-refractivity contribution in [1.82, 2.24) is 10.2 Å². The lowest BCUT2D eigenvalue weighted by Crippen LogP contribution is -2.34. The molecule has 0 aliphatic rings. The van der Waals surface area contributed by atoms with Gasteiger partial charge in [0.1, 0.15) is 0 Å². The van der Waals surface area contributed by atoms with Crippen LogP contribution in [0.2, 0.25) is 0 Å². The van der Waals surface area contributed by atoms with Crippen molar-refractivity contribution in [2.75, 3.05) is 18.6 Å². The first-order valence-electron chi connectivity index (χ1n) is 5.39. The Morgan fingerprint density at radius 3 is 2.50 bits per heavy atom. The van der Waals surface area contributed by atoms with Crippen molar-refractivity contribution in [3.8, 4) is 0 Å². The van der Waals surface area contributed by atoms with E-state index < -0.39 is 0 Å². The van der Waals surface area contributed by atoms with E-state index in [0.717, 1.165) is 22.6 Å². The van der Waals surface area contributed by atoms with Gasteiger partial charge < -0.3 is 15.7 Å². The number of aliphatic hydroxyl groups is 1. The van der Waals surface area contributed by atoms with Gasteiger partial charge in [-0.2, -0.15) is 5.10 Å². The fourth-order valence-corrected chi connectivity index (χ4v) is 1.50. The molecule has 0 aliphatic carbocycles. The molecular weight excluding hydrogens is 204 g/mol. The van der Waals surface area contributed by atoms with Crippen molar-refractivity contribution in [2.45, 2.75) is 33.4 Å². The molecule has 90 valence electrons. The van der Waals surface area contributed by atoms with Crippen LogP contribution in [0.5, 0.6) is 0 Å². The first kappa shape index (κ1) is 12.9. The normalized spacial score (nSPS) is 12.6. The van der Waals surface area contributed by atoms with E-state index in [9.17, 15) is 0 Å². The van der Waals surface area contributed by atoms with Crippen LogP contribution in [0, 0.1) is 13.8 Å². The Hall–Kier alpha value is -1.20. The first-order valence-corrected chi connectivity index (χ1v) is 5.39. The van der Waals surface area contributed by atoms with Gasteiger partial charge >= 0.3 is 0 Å². The lowest BCUT2D eigenvalue weighted by molar-refractivity contribution is 0.269. The third-order valence-corrected chi connectivity index (χ3v) is 3.02.